The first-order valence-electron chi connectivity index (χ1n) is 9.26. The fourth-order valence-corrected chi connectivity index (χ4v) is 3.53. The zero-order valence-corrected chi connectivity index (χ0v) is 19.6. The summed E-state index contributed by atoms with van der Waals surface area (Å²) in [6, 6.07) is 17.7. The Bertz CT molecular complexity index is 1140. The maximum Gasteiger partial charge on any atom is 0.412 e. The van der Waals surface area contributed by atoms with Crippen molar-refractivity contribution in [1.29, 1.82) is 0 Å². The number of nitro benzene ring substituents is 1. The predicted molar refractivity (Wildman–Crippen MR) is 126 cm³/mol. The minimum atomic E-state index is -2.80. The molecule has 0 bridgehead atoms. The smallest absolute Gasteiger partial charge is 0.412 e. The van der Waals surface area contributed by atoms with Crippen molar-refractivity contribution in [1.82, 2.24) is 5.32 Å². The molecule has 9 nitrogen and oxygen atoms in total. The minimum absolute atomic E-state index is 0.0282. The lowest BCUT2D eigenvalue weighted by Crippen LogP contribution is -2.22. The number of nitrogens with zero attached hydrogens (tertiary/aromatic N) is 1. The molecule has 0 aliphatic carbocycles. The Balaban J connectivity index is 0.000000228. The fourth-order valence-electron chi connectivity index (χ4n) is 2.60. The molecule has 3 aromatic rings. The molecule has 0 saturated heterocycles. The quantitative estimate of drug-likeness (QED) is 0.287. The van der Waals surface area contributed by atoms with Gasteiger partial charge in [-0.3, -0.25) is 10.1 Å². The third-order valence-electron chi connectivity index (χ3n) is 4.19. The van der Waals surface area contributed by atoms with Gasteiger partial charge < -0.3 is 23.6 Å². The monoisotopic (exact) mass is 478 g/mol. The van der Waals surface area contributed by atoms with E-state index in [1.165, 1.54) is 39.5 Å². The largest absolute Gasteiger partial charge is 0.424 e. The zero-order chi connectivity index (χ0) is 23.7. The standard InChI is InChI=1S/C12H11NO2.C9H12NO5PS/c1-13-12(14)15-11-8-4-6-9-5-2-3-7-10(9)11;1-7-6-8(4-5-9(7)10(11)12)15-16(17,13-2)14-3/h2-8H,1H3,(H,13,14);4-6H,1-3H3. The van der Waals surface area contributed by atoms with Gasteiger partial charge in [0.15, 0.2) is 0 Å². The van der Waals surface area contributed by atoms with Crippen molar-refractivity contribution in [2.24, 2.45) is 0 Å². The van der Waals surface area contributed by atoms with Crippen molar-refractivity contribution in [3.8, 4) is 11.5 Å². The van der Waals surface area contributed by atoms with Gasteiger partial charge in [0.2, 0.25) is 0 Å². The summed E-state index contributed by atoms with van der Waals surface area (Å²) in [5, 5.41) is 15.0. The first-order chi connectivity index (χ1) is 15.2. The summed E-state index contributed by atoms with van der Waals surface area (Å²) >= 11 is 5.02. The Hall–Kier alpha value is -3.04. The lowest BCUT2D eigenvalue weighted by atomic mass is 10.1. The highest BCUT2D eigenvalue weighted by molar-refractivity contribution is 8.07. The van der Waals surface area contributed by atoms with Crippen LogP contribution in [0.4, 0.5) is 10.5 Å². The van der Waals surface area contributed by atoms with E-state index in [1.807, 2.05) is 36.4 Å². The number of ether oxygens (including phenoxy) is 1. The highest BCUT2D eigenvalue weighted by Gasteiger charge is 2.20. The second-order valence-corrected chi connectivity index (χ2v) is 9.37. The lowest BCUT2D eigenvalue weighted by Gasteiger charge is -2.18. The summed E-state index contributed by atoms with van der Waals surface area (Å²) in [6.45, 7) is -1.18. The summed E-state index contributed by atoms with van der Waals surface area (Å²) in [6.07, 6.45) is -0.452. The first-order valence-corrected chi connectivity index (χ1v) is 11.8. The molecule has 1 amide bonds. The molecule has 0 radical (unpaired) electrons. The van der Waals surface area contributed by atoms with Gasteiger partial charge >= 0.3 is 12.8 Å². The molecule has 3 aromatic carbocycles. The molecule has 0 heterocycles. The maximum absolute atomic E-state index is 11.1. The van der Waals surface area contributed by atoms with E-state index >= 15 is 0 Å². The van der Waals surface area contributed by atoms with Gasteiger partial charge in [-0.05, 0) is 30.5 Å². The summed E-state index contributed by atoms with van der Waals surface area (Å²) in [5.41, 5.74) is 0.516. The lowest BCUT2D eigenvalue weighted by molar-refractivity contribution is -0.385. The molecule has 11 heteroatoms. The van der Waals surface area contributed by atoms with E-state index in [2.05, 4.69) is 5.32 Å². The van der Waals surface area contributed by atoms with Crippen LogP contribution in [0.1, 0.15) is 5.56 Å². The van der Waals surface area contributed by atoms with Crippen molar-refractivity contribution < 1.29 is 28.0 Å². The Morgan fingerprint density at radius 3 is 2.31 bits per heavy atom. The number of fused-ring (bicyclic) bond motifs is 1. The van der Waals surface area contributed by atoms with E-state index in [9.17, 15) is 14.9 Å². The number of rotatable bonds is 6. The van der Waals surface area contributed by atoms with Crippen LogP contribution in [-0.2, 0) is 20.9 Å². The van der Waals surface area contributed by atoms with Crippen LogP contribution in [0.2, 0.25) is 0 Å². The number of hydrogen-bond donors (Lipinski definition) is 1. The average molecular weight is 478 g/mol. The van der Waals surface area contributed by atoms with E-state index in [0.29, 0.717) is 17.1 Å². The molecule has 1 N–H and O–H groups in total. The minimum Gasteiger partial charge on any atom is -0.424 e. The summed E-state index contributed by atoms with van der Waals surface area (Å²) in [4.78, 5) is 21.3. The predicted octanol–water partition coefficient (Wildman–Crippen LogP) is 5.36. The van der Waals surface area contributed by atoms with Crippen LogP contribution >= 0.6 is 6.72 Å². The zero-order valence-electron chi connectivity index (χ0n) is 17.9. The third-order valence-corrected chi connectivity index (χ3v) is 6.63. The van der Waals surface area contributed by atoms with Crippen molar-refractivity contribution in [2.75, 3.05) is 21.3 Å². The van der Waals surface area contributed by atoms with Crippen molar-refractivity contribution in [2.45, 2.75) is 6.92 Å². The molecule has 0 atom stereocenters. The molecule has 3 rings (SSSR count). The fraction of sp³-hybridized carbons (Fsp3) is 0.190. The summed E-state index contributed by atoms with van der Waals surface area (Å²) in [7, 11) is 4.32. The molecule has 0 saturated carbocycles. The molecule has 0 fully saturated rings. The van der Waals surface area contributed by atoms with Gasteiger partial charge in [0.25, 0.3) is 5.69 Å². The topological polar surface area (TPSA) is 109 Å². The van der Waals surface area contributed by atoms with Crippen LogP contribution in [0.3, 0.4) is 0 Å². The van der Waals surface area contributed by atoms with Gasteiger partial charge in [-0.15, -0.1) is 0 Å². The molecule has 0 unspecified atom stereocenters. The molecular formula is C21H23N2O7PS. The molecular weight excluding hydrogens is 455 g/mol. The van der Waals surface area contributed by atoms with Crippen LogP contribution in [0.25, 0.3) is 10.8 Å². The number of nitro groups is 1. The number of carbonyl (C=O) groups is 1. The van der Waals surface area contributed by atoms with Crippen LogP contribution in [0.5, 0.6) is 11.5 Å². The Morgan fingerprint density at radius 1 is 1.06 bits per heavy atom. The highest BCUT2D eigenvalue weighted by atomic mass is 32.5. The number of nitrogens with one attached hydrogen (secondary N) is 1. The maximum atomic E-state index is 11.1. The number of aryl methyl sites for hydroxylation is 1. The van der Waals surface area contributed by atoms with Gasteiger partial charge in [0.1, 0.15) is 11.5 Å². The van der Waals surface area contributed by atoms with Gasteiger partial charge in [-0.2, -0.15) is 0 Å². The van der Waals surface area contributed by atoms with Crippen LogP contribution < -0.4 is 14.6 Å². The molecule has 32 heavy (non-hydrogen) atoms. The number of hydrogen-bond acceptors (Lipinski definition) is 8. The highest BCUT2D eigenvalue weighted by Crippen LogP contribution is 2.48. The van der Waals surface area contributed by atoms with E-state index < -0.39 is 17.7 Å². The van der Waals surface area contributed by atoms with E-state index in [1.54, 1.807) is 13.0 Å². The van der Waals surface area contributed by atoms with Gasteiger partial charge in [-0.25, -0.2) is 4.79 Å². The van der Waals surface area contributed by atoms with Crippen LogP contribution in [0, 0.1) is 17.0 Å². The summed E-state index contributed by atoms with van der Waals surface area (Å²) in [5.74, 6) is 0.965. The molecule has 170 valence electrons. The van der Waals surface area contributed by atoms with E-state index in [4.69, 9.17) is 30.1 Å². The Kier molecular flexibility index (Phi) is 9.10. The van der Waals surface area contributed by atoms with Crippen LogP contribution in [-0.4, -0.2) is 32.3 Å². The molecule has 0 aromatic heterocycles. The van der Waals surface area contributed by atoms with Gasteiger partial charge in [0, 0.05) is 50.1 Å². The normalized spacial score (nSPS) is 10.6. The second-order valence-electron chi connectivity index (χ2n) is 6.23. The molecule has 0 aliphatic heterocycles. The first kappa shape index (κ1) is 25.2. The number of amides is 1. The Labute approximate surface area is 190 Å². The van der Waals surface area contributed by atoms with Crippen molar-refractivity contribution in [3.63, 3.8) is 0 Å². The van der Waals surface area contributed by atoms with E-state index in [0.717, 1.165) is 10.8 Å². The summed E-state index contributed by atoms with van der Waals surface area (Å²) < 4.78 is 20.4. The van der Waals surface area contributed by atoms with Gasteiger partial charge in [0.05, 0.1) is 4.92 Å². The van der Waals surface area contributed by atoms with Crippen molar-refractivity contribution in [3.05, 3.63) is 76.3 Å². The number of carbonyl (C=O) groups excluding carboxylic acids is 1. The average Bonchev–Trinajstić information content (AvgIpc) is 2.79. The SMILES string of the molecule is CNC(=O)Oc1cccc2ccccc12.COP(=S)(OC)Oc1ccc([N+](=O)[O-])c(C)c1. The van der Waals surface area contributed by atoms with Crippen molar-refractivity contribution >= 4 is 41.1 Å². The van der Waals surface area contributed by atoms with Crippen LogP contribution in [0.15, 0.2) is 60.7 Å². The number of benzene rings is 3. The molecule has 0 spiro atoms. The Morgan fingerprint density at radius 2 is 1.72 bits per heavy atom. The molecule has 0 aliphatic rings. The second kappa shape index (κ2) is 11.5. The third kappa shape index (κ3) is 6.73. The van der Waals surface area contributed by atoms with Gasteiger partial charge in [-0.1, -0.05) is 36.4 Å². The van der Waals surface area contributed by atoms with E-state index in [-0.39, 0.29) is 5.69 Å².